The highest BCUT2D eigenvalue weighted by atomic mass is 19.1. The van der Waals surface area contributed by atoms with Gasteiger partial charge in [0.15, 0.2) is 0 Å². The van der Waals surface area contributed by atoms with E-state index in [0.717, 1.165) is 11.1 Å². The number of fused-ring (bicyclic) bond motifs is 1. The Labute approximate surface area is 196 Å². The zero-order chi connectivity index (χ0) is 24.2. The maximum atomic E-state index is 14.3. The molecule has 0 aliphatic heterocycles. The number of nitrogens with two attached hydrogens (primary N) is 1. The van der Waals surface area contributed by atoms with Gasteiger partial charge in [-0.25, -0.2) is 19.3 Å². The molecule has 9 nitrogen and oxygen atoms in total. The number of methoxy groups -OCH3 is 1. The van der Waals surface area contributed by atoms with Crippen molar-refractivity contribution in [3.05, 3.63) is 70.8 Å². The van der Waals surface area contributed by atoms with Gasteiger partial charge in [0, 0.05) is 29.5 Å². The predicted octanol–water partition coefficient (Wildman–Crippen LogP) is 2.13. The predicted molar refractivity (Wildman–Crippen MR) is 124 cm³/mol. The average Bonchev–Trinajstić information content (AvgIpc) is 2.83. The van der Waals surface area contributed by atoms with Crippen LogP contribution in [-0.2, 0) is 11.3 Å². The smallest absolute Gasteiger partial charge is 0.220 e. The number of benzene rings is 1. The normalized spacial score (nSPS) is 15.9. The van der Waals surface area contributed by atoms with Gasteiger partial charge < -0.3 is 20.7 Å². The lowest BCUT2D eigenvalue weighted by Crippen LogP contribution is -2.27. The Bertz CT molecular complexity index is 1220. The Hall–Kier alpha value is -3.60. The molecule has 0 spiro atoms. The Kier molecular flexibility index (Phi) is 7.01. The van der Waals surface area contributed by atoms with Crippen LogP contribution in [0.2, 0.25) is 0 Å². The Morgan fingerprint density at radius 2 is 2.06 bits per heavy atom. The quantitative estimate of drug-likeness (QED) is 0.367. The molecule has 34 heavy (non-hydrogen) atoms. The summed E-state index contributed by atoms with van der Waals surface area (Å²) in [7, 11) is 1.53. The first kappa shape index (κ1) is 23.6. The molecule has 0 bridgehead atoms. The third-order valence-corrected chi connectivity index (χ3v) is 5.52. The van der Waals surface area contributed by atoms with Gasteiger partial charge in [0.2, 0.25) is 11.8 Å². The molecule has 10 heteroatoms. The average molecular weight is 468 g/mol. The van der Waals surface area contributed by atoms with Crippen molar-refractivity contribution < 1.29 is 24.2 Å². The van der Waals surface area contributed by atoms with Gasteiger partial charge in [-0.05, 0) is 30.7 Å². The molecule has 2 heterocycles. The third kappa shape index (κ3) is 4.98. The molecule has 2 aromatic heterocycles. The molecule has 0 amide bonds. The minimum atomic E-state index is -1.03. The van der Waals surface area contributed by atoms with Crippen molar-refractivity contribution in [2.75, 3.05) is 26.1 Å². The van der Waals surface area contributed by atoms with Crippen LogP contribution in [0.5, 0.6) is 5.88 Å². The van der Waals surface area contributed by atoms with Crippen molar-refractivity contribution >= 4 is 11.6 Å². The van der Waals surface area contributed by atoms with Gasteiger partial charge >= 0.3 is 0 Å². The Balaban J connectivity index is 1.77. The molecule has 3 aromatic rings. The number of aliphatic hydroxyl groups excluding tert-OH is 2. The van der Waals surface area contributed by atoms with E-state index in [9.17, 15) is 9.50 Å². The number of nitrogen functional groups attached to an aromatic ring is 1. The number of nitrogens with one attached hydrogen (secondary N) is 1. The lowest BCUT2D eigenvalue weighted by atomic mass is 9.83. The van der Waals surface area contributed by atoms with E-state index in [1.165, 1.54) is 19.2 Å². The van der Waals surface area contributed by atoms with Crippen molar-refractivity contribution in [2.45, 2.75) is 25.4 Å². The van der Waals surface area contributed by atoms with Crippen molar-refractivity contribution in [1.29, 1.82) is 0 Å². The molecule has 2 atom stereocenters. The van der Waals surface area contributed by atoms with Gasteiger partial charge in [0.1, 0.15) is 18.5 Å². The second kappa shape index (κ2) is 10.1. The van der Waals surface area contributed by atoms with E-state index in [2.05, 4.69) is 20.4 Å². The molecule has 1 unspecified atom stereocenters. The van der Waals surface area contributed by atoms with Crippen LogP contribution in [0.1, 0.15) is 28.4 Å². The van der Waals surface area contributed by atoms with E-state index >= 15 is 0 Å². The van der Waals surface area contributed by atoms with Crippen LogP contribution in [-0.4, -0.2) is 51.6 Å². The van der Waals surface area contributed by atoms with Gasteiger partial charge in [-0.15, -0.1) is 0 Å². The number of aryl methyl sites for hydroxylation is 1. The van der Waals surface area contributed by atoms with Crippen LogP contribution in [0.4, 0.5) is 10.3 Å². The molecule has 1 aromatic carbocycles. The van der Waals surface area contributed by atoms with Gasteiger partial charge in [-0.1, -0.05) is 18.2 Å². The number of allylic oxidation sites excluding steroid dienone is 1. The molecule has 0 saturated carbocycles. The Morgan fingerprint density at radius 3 is 2.82 bits per heavy atom. The molecule has 1 aliphatic rings. The van der Waals surface area contributed by atoms with Crippen LogP contribution in [0.25, 0.3) is 17.0 Å². The van der Waals surface area contributed by atoms with Gasteiger partial charge in [-0.3, -0.25) is 10.3 Å². The summed E-state index contributed by atoms with van der Waals surface area (Å²) in [6, 6.07) is 9.90. The van der Waals surface area contributed by atoms with E-state index in [-0.39, 0.29) is 24.3 Å². The van der Waals surface area contributed by atoms with Crippen LogP contribution >= 0.6 is 0 Å². The number of hydrogen-bond acceptors (Lipinski definition) is 9. The first-order valence-electron chi connectivity index (χ1n) is 10.7. The molecule has 0 fully saturated rings. The number of anilines is 1. The second-order valence-corrected chi connectivity index (χ2v) is 7.93. The monoisotopic (exact) mass is 467 g/mol. The van der Waals surface area contributed by atoms with Crippen LogP contribution in [0.3, 0.4) is 0 Å². The summed E-state index contributed by atoms with van der Waals surface area (Å²) in [6.07, 6.45) is 1.41. The van der Waals surface area contributed by atoms with Gasteiger partial charge in [0.05, 0.1) is 36.5 Å². The molecule has 5 N–H and O–H groups in total. The fraction of sp³-hybridized carbons (Fsp3) is 0.292. The van der Waals surface area contributed by atoms with E-state index < -0.39 is 12.7 Å². The number of ether oxygens (including phenoxy) is 1. The van der Waals surface area contributed by atoms with Crippen LogP contribution < -0.4 is 16.0 Å². The summed E-state index contributed by atoms with van der Waals surface area (Å²) >= 11 is 0. The number of aromatic nitrogens is 3. The molecular formula is C24H26FN5O4. The summed E-state index contributed by atoms with van der Waals surface area (Å²) < 4.78 is 19.5. The lowest BCUT2D eigenvalue weighted by Gasteiger charge is -2.27. The van der Waals surface area contributed by atoms with Crippen molar-refractivity contribution in [3.8, 4) is 17.1 Å². The van der Waals surface area contributed by atoms with Crippen LogP contribution in [0.15, 0.2) is 42.5 Å². The first-order chi connectivity index (χ1) is 16.4. The number of pyridine rings is 1. The highest BCUT2D eigenvalue weighted by Gasteiger charge is 2.27. The minimum Gasteiger partial charge on any atom is -0.481 e. The minimum absolute atomic E-state index is 0.127. The fourth-order valence-electron chi connectivity index (χ4n) is 4.01. The highest BCUT2D eigenvalue weighted by Crippen LogP contribution is 2.38. The summed E-state index contributed by atoms with van der Waals surface area (Å²) in [6.45, 7) is 1.27. The number of nitrogens with zero attached hydrogens (tertiary/aromatic N) is 3. The topological polar surface area (TPSA) is 136 Å². The molecule has 0 saturated heterocycles. The highest BCUT2D eigenvalue weighted by molar-refractivity contribution is 5.73. The summed E-state index contributed by atoms with van der Waals surface area (Å²) in [5, 5.41) is 18.6. The van der Waals surface area contributed by atoms with E-state index in [1.807, 2.05) is 13.0 Å². The van der Waals surface area contributed by atoms with E-state index in [1.54, 1.807) is 24.3 Å². The number of halogens is 1. The number of hydroxylamine groups is 1. The van der Waals surface area contributed by atoms with Crippen LogP contribution in [0, 0.1) is 12.7 Å². The van der Waals surface area contributed by atoms with Crippen molar-refractivity contribution in [2.24, 2.45) is 0 Å². The molecule has 1 aliphatic carbocycles. The maximum Gasteiger partial charge on any atom is 0.220 e. The molecule has 0 radical (unpaired) electrons. The van der Waals surface area contributed by atoms with Gasteiger partial charge in [-0.2, -0.15) is 0 Å². The SMILES string of the molecule is COc1cccc(-c2cc(F)ccc2[C@@H]2C=C(NOCC(O)CO)c3c(C)nc(N)nc3C2)n1. The zero-order valence-corrected chi connectivity index (χ0v) is 18.8. The summed E-state index contributed by atoms with van der Waals surface area (Å²) in [4.78, 5) is 18.6. The summed E-state index contributed by atoms with van der Waals surface area (Å²) in [5.74, 6) is -0.0300. The second-order valence-electron chi connectivity index (χ2n) is 7.93. The molecule has 4 rings (SSSR count). The third-order valence-electron chi connectivity index (χ3n) is 5.52. The molecular weight excluding hydrogens is 441 g/mol. The van der Waals surface area contributed by atoms with Gasteiger partial charge in [0.25, 0.3) is 0 Å². The van der Waals surface area contributed by atoms with Crippen molar-refractivity contribution in [1.82, 2.24) is 20.4 Å². The maximum absolute atomic E-state index is 14.3. The first-order valence-corrected chi connectivity index (χ1v) is 10.7. The van der Waals surface area contributed by atoms with E-state index in [0.29, 0.717) is 40.6 Å². The van der Waals surface area contributed by atoms with Crippen molar-refractivity contribution in [3.63, 3.8) is 0 Å². The summed E-state index contributed by atoms with van der Waals surface area (Å²) in [5.41, 5.74) is 13.5. The Morgan fingerprint density at radius 1 is 1.24 bits per heavy atom. The van der Waals surface area contributed by atoms with E-state index in [4.69, 9.17) is 20.4 Å². The lowest BCUT2D eigenvalue weighted by molar-refractivity contribution is -0.0191. The number of rotatable bonds is 8. The number of hydrogen-bond donors (Lipinski definition) is 4. The number of aliphatic hydroxyl groups is 2. The molecule has 178 valence electrons. The standard InChI is InChI=1S/C24H26FN5O4/c1-13-23-20(29-24(26)27-13)8-14(9-21(23)30-34-12-16(32)11-31)17-7-6-15(25)10-18(17)19-4-3-5-22(28-19)33-2/h3-7,9-10,14,16,30-32H,8,11-12H2,1-2H3,(H2,26,27,29)/t14-,16?/m0/s1. The fourth-order valence-corrected chi connectivity index (χ4v) is 4.01. The largest absolute Gasteiger partial charge is 0.481 e. The zero-order valence-electron chi connectivity index (χ0n) is 18.8.